The largest absolute Gasteiger partial charge is 0.330 e. The first-order valence-electron chi connectivity index (χ1n) is 6.76. The van der Waals surface area contributed by atoms with E-state index in [1.165, 1.54) is 11.3 Å². The van der Waals surface area contributed by atoms with Crippen molar-refractivity contribution in [2.45, 2.75) is 25.8 Å². The molecule has 3 rings (SSSR count). The summed E-state index contributed by atoms with van der Waals surface area (Å²) in [6.45, 7) is 1.94. The minimum atomic E-state index is -0.0511. The lowest BCUT2D eigenvalue weighted by atomic mass is 10.1. The Labute approximate surface area is 113 Å². The van der Waals surface area contributed by atoms with Gasteiger partial charge in [0.05, 0.1) is 6.04 Å². The second-order valence-corrected chi connectivity index (χ2v) is 4.87. The zero-order valence-corrected chi connectivity index (χ0v) is 11.0. The van der Waals surface area contributed by atoms with Crippen molar-refractivity contribution in [3.8, 4) is 0 Å². The van der Waals surface area contributed by atoms with Crippen LogP contribution in [-0.2, 0) is 11.2 Å². The summed E-state index contributed by atoms with van der Waals surface area (Å²) >= 11 is 0. The van der Waals surface area contributed by atoms with Crippen LogP contribution in [0.1, 0.15) is 18.9 Å². The van der Waals surface area contributed by atoms with Gasteiger partial charge >= 0.3 is 0 Å². The van der Waals surface area contributed by atoms with E-state index < -0.39 is 0 Å². The Bertz CT molecular complexity index is 591. The Hall–Kier alpha value is -2.09. The Morgan fingerprint density at radius 3 is 2.53 bits per heavy atom. The summed E-state index contributed by atoms with van der Waals surface area (Å²) in [5, 5.41) is 0. The van der Waals surface area contributed by atoms with Crippen molar-refractivity contribution in [3.05, 3.63) is 60.2 Å². The molecule has 1 heterocycles. The van der Waals surface area contributed by atoms with E-state index in [4.69, 9.17) is 0 Å². The van der Waals surface area contributed by atoms with Gasteiger partial charge < -0.3 is 4.90 Å². The first-order chi connectivity index (χ1) is 9.31. The van der Waals surface area contributed by atoms with E-state index in [0.717, 1.165) is 12.1 Å². The molecule has 2 aromatic rings. The van der Waals surface area contributed by atoms with E-state index in [1.807, 2.05) is 37.3 Å². The van der Waals surface area contributed by atoms with Crippen LogP contribution in [0.5, 0.6) is 0 Å². The quantitative estimate of drug-likeness (QED) is 0.828. The van der Waals surface area contributed by atoms with Gasteiger partial charge in [0.2, 0.25) is 0 Å². The number of nitrogens with zero attached hydrogens (tertiary/aromatic N) is 1. The lowest BCUT2D eigenvalue weighted by molar-refractivity contribution is -0.119. The van der Waals surface area contributed by atoms with Crippen molar-refractivity contribution in [2.24, 2.45) is 0 Å². The molecule has 0 bridgehead atoms. The van der Waals surface area contributed by atoms with Gasteiger partial charge in [0.1, 0.15) is 0 Å². The highest BCUT2D eigenvalue weighted by Crippen LogP contribution is 2.38. The van der Waals surface area contributed by atoms with Gasteiger partial charge in [-0.25, -0.2) is 0 Å². The van der Waals surface area contributed by atoms with Gasteiger partial charge in [-0.15, -0.1) is 0 Å². The third kappa shape index (κ3) is 2.03. The third-order valence-electron chi connectivity index (χ3n) is 3.73. The molecule has 2 nitrogen and oxygen atoms in total. The van der Waals surface area contributed by atoms with Crippen LogP contribution < -0.4 is 4.90 Å². The smallest absolute Gasteiger partial charge is 0.155 e. The van der Waals surface area contributed by atoms with Gasteiger partial charge in [-0.05, 0) is 23.8 Å². The molecule has 1 unspecified atom stereocenters. The topological polar surface area (TPSA) is 20.3 Å². The number of carbonyl (C=O) groups is 1. The monoisotopic (exact) mass is 251 g/mol. The predicted octanol–water partition coefficient (Wildman–Crippen LogP) is 3.73. The van der Waals surface area contributed by atoms with E-state index in [-0.39, 0.29) is 6.04 Å². The predicted molar refractivity (Wildman–Crippen MR) is 77.8 cm³/mol. The number of benzene rings is 2. The summed E-state index contributed by atoms with van der Waals surface area (Å²) in [5.74, 6) is 0.306. The maximum Gasteiger partial charge on any atom is 0.155 e. The summed E-state index contributed by atoms with van der Waals surface area (Å²) < 4.78 is 0. The van der Waals surface area contributed by atoms with Crippen molar-refractivity contribution in [1.82, 2.24) is 0 Å². The van der Waals surface area contributed by atoms with Crippen LogP contribution in [0.25, 0.3) is 0 Å². The fourth-order valence-electron chi connectivity index (χ4n) is 2.79. The van der Waals surface area contributed by atoms with Crippen LogP contribution in [0, 0.1) is 0 Å². The van der Waals surface area contributed by atoms with Gasteiger partial charge in [0.15, 0.2) is 5.78 Å². The summed E-state index contributed by atoms with van der Waals surface area (Å²) in [6.07, 6.45) is 1.40. The molecule has 0 spiro atoms. The van der Waals surface area contributed by atoms with Crippen LogP contribution in [0.4, 0.5) is 11.4 Å². The number of Topliss-reactive ketones (excluding diaryl/α,β-unsaturated/α-hetero) is 1. The number of rotatable bonds is 3. The number of anilines is 2. The van der Waals surface area contributed by atoms with E-state index in [9.17, 15) is 4.79 Å². The molecular formula is C17H17NO. The van der Waals surface area contributed by atoms with Crippen LogP contribution in [-0.4, -0.2) is 11.8 Å². The maximum absolute atomic E-state index is 12.2. The van der Waals surface area contributed by atoms with Crippen LogP contribution >= 0.6 is 0 Å². The highest BCUT2D eigenvalue weighted by molar-refractivity contribution is 5.92. The van der Waals surface area contributed by atoms with E-state index in [1.54, 1.807) is 0 Å². The van der Waals surface area contributed by atoms with Crippen molar-refractivity contribution >= 4 is 17.2 Å². The van der Waals surface area contributed by atoms with E-state index >= 15 is 0 Å². The molecule has 0 fully saturated rings. The van der Waals surface area contributed by atoms with Gasteiger partial charge in [-0.3, -0.25) is 4.79 Å². The number of fused-ring (bicyclic) bond motifs is 1. The average molecular weight is 251 g/mol. The summed E-state index contributed by atoms with van der Waals surface area (Å²) in [7, 11) is 0. The van der Waals surface area contributed by atoms with Crippen LogP contribution in [0.3, 0.4) is 0 Å². The minimum Gasteiger partial charge on any atom is -0.330 e. The molecule has 2 aromatic carbocycles. The normalized spacial score (nSPS) is 17.3. The molecule has 0 amide bonds. The molecule has 96 valence electrons. The lowest BCUT2D eigenvalue weighted by Gasteiger charge is -2.26. The minimum absolute atomic E-state index is 0.0511. The van der Waals surface area contributed by atoms with Crippen molar-refractivity contribution in [3.63, 3.8) is 0 Å². The molecule has 0 aliphatic carbocycles. The molecule has 0 radical (unpaired) electrons. The summed E-state index contributed by atoms with van der Waals surface area (Å²) in [5.41, 5.74) is 3.53. The second kappa shape index (κ2) is 4.88. The van der Waals surface area contributed by atoms with Crippen LogP contribution in [0.15, 0.2) is 54.6 Å². The van der Waals surface area contributed by atoms with E-state index in [2.05, 4.69) is 29.2 Å². The molecule has 2 heteroatoms. The van der Waals surface area contributed by atoms with Crippen LogP contribution in [0.2, 0.25) is 0 Å². The van der Waals surface area contributed by atoms with Gasteiger partial charge in [0, 0.05) is 24.2 Å². The Kier molecular flexibility index (Phi) is 3.08. The second-order valence-electron chi connectivity index (χ2n) is 4.87. The number of hydrogen-bond donors (Lipinski definition) is 0. The fourth-order valence-corrected chi connectivity index (χ4v) is 2.79. The Morgan fingerprint density at radius 1 is 1.11 bits per heavy atom. The number of hydrogen-bond acceptors (Lipinski definition) is 2. The molecule has 0 saturated carbocycles. The highest BCUT2D eigenvalue weighted by atomic mass is 16.1. The zero-order chi connectivity index (χ0) is 13.2. The average Bonchev–Trinajstić information content (AvgIpc) is 2.86. The van der Waals surface area contributed by atoms with Gasteiger partial charge in [-0.2, -0.15) is 0 Å². The lowest BCUT2D eigenvalue weighted by Crippen LogP contribution is -2.34. The highest BCUT2D eigenvalue weighted by Gasteiger charge is 2.33. The standard InChI is InChI=1S/C17H17NO/c1-2-17(19)16-12-13-8-6-7-11-15(13)18(16)14-9-4-3-5-10-14/h3-11,16H,2,12H2,1H3. The zero-order valence-electron chi connectivity index (χ0n) is 11.0. The Balaban J connectivity index is 2.08. The maximum atomic E-state index is 12.2. The van der Waals surface area contributed by atoms with Gasteiger partial charge in [0.25, 0.3) is 0 Å². The molecule has 0 N–H and O–H groups in total. The van der Waals surface area contributed by atoms with Gasteiger partial charge in [-0.1, -0.05) is 43.3 Å². The molecule has 1 aliphatic rings. The van der Waals surface area contributed by atoms with Crippen molar-refractivity contribution in [2.75, 3.05) is 4.90 Å². The van der Waals surface area contributed by atoms with E-state index in [0.29, 0.717) is 12.2 Å². The molecule has 19 heavy (non-hydrogen) atoms. The summed E-state index contributed by atoms with van der Waals surface area (Å²) in [6, 6.07) is 18.4. The number of ketones is 1. The molecule has 0 saturated heterocycles. The molecular weight excluding hydrogens is 234 g/mol. The number of carbonyl (C=O) groups excluding carboxylic acids is 1. The third-order valence-corrected chi connectivity index (χ3v) is 3.73. The summed E-state index contributed by atoms with van der Waals surface area (Å²) in [4.78, 5) is 14.4. The SMILES string of the molecule is CCC(=O)C1Cc2ccccc2N1c1ccccc1. The fraction of sp³-hybridized carbons (Fsp3) is 0.235. The Morgan fingerprint density at radius 2 is 1.79 bits per heavy atom. The molecule has 0 aromatic heterocycles. The molecule has 1 atom stereocenters. The molecule has 1 aliphatic heterocycles. The first-order valence-corrected chi connectivity index (χ1v) is 6.76. The first kappa shape index (κ1) is 12.0. The van der Waals surface area contributed by atoms with Crippen molar-refractivity contribution < 1.29 is 4.79 Å². The number of para-hydroxylation sites is 2. The van der Waals surface area contributed by atoms with Crippen molar-refractivity contribution in [1.29, 1.82) is 0 Å².